The highest BCUT2D eigenvalue weighted by molar-refractivity contribution is 5.73. The largest absolute Gasteiger partial charge is 0.325 e. The van der Waals surface area contributed by atoms with Crippen LogP contribution in [0, 0.1) is 0 Å². The zero-order valence-electron chi connectivity index (χ0n) is 12.5. The number of rotatable bonds is 6. The number of hydrogen-bond donors (Lipinski definition) is 2. The van der Waals surface area contributed by atoms with Gasteiger partial charge in [0.2, 0.25) is 0 Å². The fraction of sp³-hybridized carbons (Fsp3) is 0. The first-order valence-corrected chi connectivity index (χ1v) is 7.12. The average molecular weight is 319 g/mol. The smallest absolute Gasteiger partial charge is 0.168 e. The van der Waals surface area contributed by atoms with Crippen LogP contribution in [0.1, 0.15) is 21.0 Å². The number of nitrogens with one attached hydrogen (secondary N) is 2. The van der Waals surface area contributed by atoms with Gasteiger partial charge in [0.1, 0.15) is 34.7 Å². The Morgan fingerprint density at radius 1 is 0.583 bits per heavy atom. The Hall–Kier alpha value is -3.61. The molecule has 7 heteroatoms. The predicted molar refractivity (Wildman–Crippen MR) is 90.1 cm³/mol. The molecule has 7 nitrogen and oxygen atoms in total. The maximum absolute atomic E-state index is 10.8. The van der Waals surface area contributed by atoms with E-state index < -0.39 is 0 Å². The van der Waals surface area contributed by atoms with Gasteiger partial charge in [0, 0.05) is 0 Å². The summed E-state index contributed by atoms with van der Waals surface area (Å²) in [5.41, 5.74) is 0.674. The molecule has 0 aliphatic rings. The van der Waals surface area contributed by atoms with Gasteiger partial charge in [-0.15, -0.1) is 0 Å². The van der Waals surface area contributed by atoms with E-state index in [0.717, 1.165) is 0 Å². The highest BCUT2D eigenvalue weighted by atomic mass is 16.1. The Morgan fingerprint density at radius 2 is 0.958 bits per heavy atom. The van der Waals surface area contributed by atoms with Crippen molar-refractivity contribution in [3.63, 3.8) is 0 Å². The number of carbonyl (C=O) groups is 2. The first-order valence-electron chi connectivity index (χ1n) is 7.12. The highest BCUT2D eigenvalue weighted by Crippen LogP contribution is 2.17. The van der Waals surface area contributed by atoms with Crippen molar-refractivity contribution in [3.05, 3.63) is 66.0 Å². The van der Waals surface area contributed by atoms with Crippen molar-refractivity contribution in [1.82, 2.24) is 15.0 Å². The van der Waals surface area contributed by atoms with Crippen LogP contribution in [-0.2, 0) is 0 Å². The molecule has 0 atom stereocenters. The molecular weight excluding hydrogens is 306 g/mol. The lowest BCUT2D eigenvalue weighted by Gasteiger charge is -2.08. The van der Waals surface area contributed by atoms with Crippen LogP contribution in [-0.4, -0.2) is 27.5 Å². The minimum atomic E-state index is 0.337. The zero-order valence-corrected chi connectivity index (χ0v) is 12.5. The van der Waals surface area contributed by atoms with E-state index in [1.165, 1.54) is 0 Å². The fourth-order valence-corrected chi connectivity index (χ4v) is 2.01. The number of hydrogen-bond acceptors (Lipinski definition) is 7. The quantitative estimate of drug-likeness (QED) is 0.674. The van der Waals surface area contributed by atoms with Gasteiger partial charge in [0.15, 0.2) is 12.6 Å². The second-order valence-electron chi connectivity index (χ2n) is 4.79. The molecule has 0 spiro atoms. The van der Waals surface area contributed by atoms with Crippen LogP contribution in [0.5, 0.6) is 0 Å². The zero-order chi connectivity index (χ0) is 16.8. The summed E-state index contributed by atoms with van der Waals surface area (Å²) in [5.74, 6) is 2.15. The maximum atomic E-state index is 10.8. The van der Waals surface area contributed by atoms with Crippen LogP contribution in [0.2, 0.25) is 0 Å². The van der Waals surface area contributed by atoms with Gasteiger partial charge in [0.05, 0.1) is 0 Å². The van der Waals surface area contributed by atoms with Crippen LogP contribution in [0.25, 0.3) is 0 Å². The summed E-state index contributed by atoms with van der Waals surface area (Å²) >= 11 is 0. The number of anilines is 4. The lowest BCUT2D eigenvalue weighted by molar-refractivity contribution is 0.111. The summed E-state index contributed by atoms with van der Waals surface area (Å²) in [5, 5.41) is 6.06. The molecular formula is C17H13N5O2. The van der Waals surface area contributed by atoms with E-state index in [1.807, 2.05) is 6.07 Å². The molecule has 0 unspecified atom stereocenters. The molecule has 0 aliphatic heterocycles. The molecule has 0 aliphatic carbocycles. The first-order chi connectivity index (χ1) is 11.8. The first kappa shape index (κ1) is 15.3. The molecule has 2 N–H and O–H groups in total. The third kappa shape index (κ3) is 3.77. The van der Waals surface area contributed by atoms with E-state index in [9.17, 15) is 9.59 Å². The molecule has 3 heterocycles. The number of aldehydes is 2. The van der Waals surface area contributed by atoms with Crippen molar-refractivity contribution >= 4 is 35.8 Å². The van der Waals surface area contributed by atoms with Crippen LogP contribution in [0.3, 0.4) is 0 Å². The number of aromatic nitrogens is 3. The maximum Gasteiger partial charge on any atom is 0.168 e. The lowest BCUT2D eigenvalue weighted by Crippen LogP contribution is -2.01. The van der Waals surface area contributed by atoms with Crippen LogP contribution < -0.4 is 10.6 Å². The van der Waals surface area contributed by atoms with Gasteiger partial charge >= 0.3 is 0 Å². The van der Waals surface area contributed by atoms with E-state index in [-0.39, 0.29) is 0 Å². The Bertz CT molecular complexity index is 813. The molecule has 3 rings (SSSR count). The van der Waals surface area contributed by atoms with Crippen molar-refractivity contribution < 1.29 is 9.59 Å². The van der Waals surface area contributed by atoms with E-state index in [4.69, 9.17) is 0 Å². The lowest BCUT2D eigenvalue weighted by atomic mass is 10.3. The summed E-state index contributed by atoms with van der Waals surface area (Å²) in [4.78, 5) is 34.2. The van der Waals surface area contributed by atoms with Crippen molar-refractivity contribution in [3.8, 4) is 0 Å². The van der Waals surface area contributed by atoms with Crippen molar-refractivity contribution in [2.75, 3.05) is 10.6 Å². The Morgan fingerprint density at radius 3 is 1.38 bits per heavy atom. The van der Waals surface area contributed by atoms with Crippen molar-refractivity contribution in [2.24, 2.45) is 0 Å². The molecule has 0 radical (unpaired) electrons. The highest BCUT2D eigenvalue weighted by Gasteiger charge is 2.03. The predicted octanol–water partition coefficient (Wildman–Crippen LogP) is 2.98. The van der Waals surface area contributed by atoms with Crippen LogP contribution in [0.4, 0.5) is 23.3 Å². The van der Waals surface area contributed by atoms with Crippen molar-refractivity contribution in [2.45, 2.75) is 0 Å². The Labute approximate surface area is 137 Å². The third-order valence-corrected chi connectivity index (χ3v) is 3.04. The van der Waals surface area contributed by atoms with Gasteiger partial charge in [-0.1, -0.05) is 18.2 Å². The second-order valence-corrected chi connectivity index (χ2v) is 4.79. The van der Waals surface area contributed by atoms with Gasteiger partial charge in [-0.05, 0) is 36.4 Å². The van der Waals surface area contributed by atoms with Gasteiger partial charge in [0.25, 0.3) is 0 Å². The Kier molecular flexibility index (Phi) is 4.52. The molecule has 3 aromatic heterocycles. The van der Waals surface area contributed by atoms with Gasteiger partial charge < -0.3 is 10.6 Å². The van der Waals surface area contributed by atoms with Crippen LogP contribution >= 0.6 is 0 Å². The van der Waals surface area contributed by atoms with E-state index >= 15 is 0 Å². The summed E-state index contributed by atoms with van der Waals surface area (Å²) in [6.07, 6.45) is 1.37. The monoisotopic (exact) mass is 319 g/mol. The topological polar surface area (TPSA) is 96.9 Å². The summed E-state index contributed by atoms with van der Waals surface area (Å²) in [6, 6.07) is 15.5. The summed E-state index contributed by atoms with van der Waals surface area (Å²) in [7, 11) is 0. The summed E-state index contributed by atoms with van der Waals surface area (Å²) in [6.45, 7) is 0. The molecule has 0 amide bonds. The number of carbonyl (C=O) groups excluding carboxylic acids is 2. The molecule has 0 saturated carbocycles. The summed E-state index contributed by atoms with van der Waals surface area (Å²) < 4.78 is 0. The minimum absolute atomic E-state index is 0.337. The van der Waals surface area contributed by atoms with E-state index in [1.54, 1.807) is 48.5 Å². The molecule has 0 bridgehead atoms. The minimum Gasteiger partial charge on any atom is -0.325 e. The molecule has 0 saturated heterocycles. The van der Waals surface area contributed by atoms with E-state index in [0.29, 0.717) is 47.2 Å². The normalized spacial score (nSPS) is 10.0. The molecule has 0 aromatic carbocycles. The van der Waals surface area contributed by atoms with Gasteiger partial charge in [-0.25, -0.2) is 15.0 Å². The molecule has 0 fully saturated rings. The third-order valence-electron chi connectivity index (χ3n) is 3.04. The molecule has 3 aromatic rings. The molecule has 118 valence electrons. The van der Waals surface area contributed by atoms with E-state index in [2.05, 4.69) is 25.6 Å². The van der Waals surface area contributed by atoms with Crippen LogP contribution in [0.15, 0.2) is 54.6 Å². The van der Waals surface area contributed by atoms with Crippen molar-refractivity contribution in [1.29, 1.82) is 0 Å². The van der Waals surface area contributed by atoms with Gasteiger partial charge in [-0.3, -0.25) is 9.59 Å². The SMILES string of the molecule is O=Cc1cccc(Nc2cccc(Nc3cccc(C=O)n3)n2)n1. The number of nitrogens with zero attached hydrogens (tertiary/aromatic N) is 3. The standard InChI is InChI=1S/C17H13N5O2/c23-10-12-4-1-6-14(18-12)20-16-8-3-9-17(22-16)21-15-7-2-5-13(11-24)19-15/h1-11H,(H2,18,19,20,21,22). The second kappa shape index (κ2) is 7.10. The van der Waals surface area contributed by atoms with Gasteiger partial charge in [-0.2, -0.15) is 0 Å². The Balaban J connectivity index is 1.78. The molecule has 24 heavy (non-hydrogen) atoms. The number of pyridine rings is 3. The fourth-order valence-electron chi connectivity index (χ4n) is 2.01. The average Bonchev–Trinajstić information content (AvgIpc) is 2.62.